The minimum atomic E-state index is -0.176. The first-order chi connectivity index (χ1) is 13.3. The van der Waals surface area contributed by atoms with E-state index in [1.54, 1.807) is 25.4 Å². The van der Waals surface area contributed by atoms with Crippen LogP contribution < -0.4 is 10.1 Å². The first kappa shape index (κ1) is 19.4. The number of likely N-dealkylation sites (tertiary alicyclic amines) is 1. The van der Waals surface area contributed by atoms with Crippen molar-refractivity contribution >= 4 is 5.91 Å². The lowest BCUT2D eigenvalue weighted by molar-refractivity contribution is 0.0935. The summed E-state index contributed by atoms with van der Waals surface area (Å²) < 4.78 is 5.20. The van der Waals surface area contributed by atoms with Crippen molar-refractivity contribution in [1.82, 2.24) is 15.2 Å². The molecule has 0 aliphatic carbocycles. The van der Waals surface area contributed by atoms with Crippen LogP contribution in [0.3, 0.4) is 0 Å². The van der Waals surface area contributed by atoms with Gasteiger partial charge in [0.2, 0.25) is 0 Å². The Morgan fingerprint density at radius 2 is 1.96 bits per heavy atom. The van der Waals surface area contributed by atoms with Crippen LogP contribution in [0.1, 0.15) is 35.3 Å². The number of benzene rings is 1. The van der Waals surface area contributed by atoms with Crippen LogP contribution in [0.5, 0.6) is 5.75 Å². The van der Waals surface area contributed by atoms with Crippen LogP contribution in [0, 0.1) is 5.92 Å². The molecule has 1 fully saturated rings. The van der Waals surface area contributed by atoms with E-state index in [1.165, 1.54) is 31.2 Å². The van der Waals surface area contributed by atoms with E-state index in [9.17, 15) is 4.79 Å². The highest BCUT2D eigenvalue weighted by Gasteiger charge is 2.19. The minimum Gasteiger partial charge on any atom is -0.494 e. The quantitative estimate of drug-likeness (QED) is 0.779. The fraction of sp³-hybridized carbons (Fsp3) is 0.455. The first-order valence-electron chi connectivity index (χ1n) is 9.79. The van der Waals surface area contributed by atoms with Gasteiger partial charge in [-0.15, -0.1) is 0 Å². The molecule has 1 aromatic heterocycles. The summed E-state index contributed by atoms with van der Waals surface area (Å²) >= 11 is 0. The summed E-state index contributed by atoms with van der Waals surface area (Å²) in [6, 6.07) is 14.3. The summed E-state index contributed by atoms with van der Waals surface area (Å²) in [5, 5.41) is 2.96. The third-order valence-corrected chi connectivity index (χ3v) is 5.31. The number of hydrogen-bond acceptors (Lipinski definition) is 4. The molecule has 0 spiro atoms. The van der Waals surface area contributed by atoms with Crippen molar-refractivity contribution in [2.45, 2.75) is 25.7 Å². The second-order valence-electron chi connectivity index (χ2n) is 7.12. The predicted molar refractivity (Wildman–Crippen MR) is 107 cm³/mol. The molecule has 0 unspecified atom stereocenters. The number of hydrogen-bond donors (Lipinski definition) is 1. The van der Waals surface area contributed by atoms with Gasteiger partial charge in [-0.25, -0.2) is 4.98 Å². The van der Waals surface area contributed by atoms with E-state index in [4.69, 9.17) is 4.74 Å². The monoisotopic (exact) mass is 367 g/mol. The molecule has 1 N–H and O–H groups in total. The van der Waals surface area contributed by atoms with E-state index in [0.29, 0.717) is 18.0 Å². The first-order valence-corrected chi connectivity index (χ1v) is 9.79. The number of aromatic nitrogens is 1. The number of pyridine rings is 1. The van der Waals surface area contributed by atoms with Gasteiger partial charge < -0.3 is 15.0 Å². The van der Waals surface area contributed by atoms with E-state index >= 15 is 0 Å². The summed E-state index contributed by atoms with van der Waals surface area (Å²) in [6.07, 6.45) is 6.54. The smallest absolute Gasteiger partial charge is 0.273 e. The van der Waals surface area contributed by atoms with Crippen LogP contribution in [0.4, 0.5) is 0 Å². The molecule has 5 nitrogen and oxygen atoms in total. The third kappa shape index (κ3) is 5.79. The summed E-state index contributed by atoms with van der Waals surface area (Å²) in [5.74, 6) is 1.15. The van der Waals surface area contributed by atoms with Gasteiger partial charge >= 0.3 is 0 Å². The second kappa shape index (κ2) is 10.1. The fourth-order valence-electron chi connectivity index (χ4n) is 3.65. The molecule has 0 atom stereocenters. The number of ether oxygens (including phenoxy) is 1. The standard InChI is InChI=1S/C22H29N3O2/c1-27-20-8-5-13-23-21(20)22(26)24-14-17-25-15-11-19(12-16-25)10-9-18-6-3-2-4-7-18/h2-8,13,19H,9-12,14-17H2,1H3,(H,24,26). The zero-order chi connectivity index (χ0) is 18.9. The van der Waals surface area contributed by atoms with E-state index in [1.807, 2.05) is 0 Å². The van der Waals surface area contributed by atoms with Gasteiger partial charge in [0.05, 0.1) is 7.11 Å². The van der Waals surface area contributed by atoms with Gasteiger partial charge in [-0.3, -0.25) is 4.79 Å². The lowest BCUT2D eigenvalue weighted by Gasteiger charge is -2.32. The number of nitrogens with zero attached hydrogens (tertiary/aromatic N) is 2. The molecule has 144 valence electrons. The van der Waals surface area contributed by atoms with Gasteiger partial charge in [0.15, 0.2) is 5.69 Å². The van der Waals surface area contributed by atoms with Crippen molar-refractivity contribution in [2.75, 3.05) is 33.3 Å². The zero-order valence-corrected chi connectivity index (χ0v) is 16.1. The Balaban J connectivity index is 1.34. The maximum absolute atomic E-state index is 12.3. The van der Waals surface area contributed by atoms with Crippen LogP contribution in [0.15, 0.2) is 48.7 Å². The van der Waals surface area contributed by atoms with Gasteiger partial charge in [-0.1, -0.05) is 30.3 Å². The number of methoxy groups -OCH3 is 1. The molecule has 1 aromatic carbocycles. The van der Waals surface area contributed by atoms with Crippen LogP contribution in [-0.4, -0.2) is 49.1 Å². The Morgan fingerprint density at radius 1 is 1.19 bits per heavy atom. The van der Waals surface area contributed by atoms with Crippen molar-refractivity contribution in [3.05, 3.63) is 59.9 Å². The Hall–Kier alpha value is -2.40. The van der Waals surface area contributed by atoms with Gasteiger partial charge in [-0.05, 0) is 62.4 Å². The van der Waals surface area contributed by atoms with E-state index in [-0.39, 0.29) is 5.91 Å². The number of nitrogens with one attached hydrogen (secondary N) is 1. The molecule has 2 heterocycles. The lowest BCUT2D eigenvalue weighted by atomic mass is 9.90. The molecule has 1 amide bonds. The SMILES string of the molecule is COc1cccnc1C(=O)NCCN1CCC(CCc2ccccc2)CC1. The molecule has 0 radical (unpaired) electrons. The summed E-state index contributed by atoms with van der Waals surface area (Å²) in [7, 11) is 1.55. The minimum absolute atomic E-state index is 0.176. The average Bonchev–Trinajstić information content (AvgIpc) is 2.73. The largest absolute Gasteiger partial charge is 0.494 e. The Morgan fingerprint density at radius 3 is 2.70 bits per heavy atom. The molecule has 3 rings (SSSR count). The van der Waals surface area contributed by atoms with E-state index in [2.05, 4.69) is 45.5 Å². The molecule has 1 saturated heterocycles. The zero-order valence-electron chi connectivity index (χ0n) is 16.1. The maximum Gasteiger partial charge on any atom is 0.273 e. The lowest BCUT2D eigenvalue weighted by Crippen LogP contribution is -2.39. The predicted octanol–water partition coefficient (Wildman–Crippen LogP) is 3.16. The highest BCUT2D eigenvalue weighted by Crippen LogP contribution is 2.22. The summed E-state index contributed by atoms with van der Waals surface area (Å²) in [4.78, 5) is 18.8. The van der Waals surface area contributed by atoms with E-state index < -0.39 is 0 Å². The van der Waals surface area contributed by atoms with Crippen LogP contribution >= 0.6 is 0 Å². The normalized spacial score (nSPS) is 15.4. The number of rotatable bonds is 8. The van der Waals surface area contributed by atoms with Crippen LogP contribution in [-0.2, 0) is 6.42 Å². The highest BCUT2D eigenvalue weighted by molar-refractivity contribution is 5.94. The Bertz CT molecular complexity index is 713. The number of piperidine rings is 1. The van der Waals surface area contributed by atoms with Gasteiger partial charge in [0.25, 0.3) is 5.91 Å². The number of amides is 1. The Labute approximate surface area is 161 Å². The topological polar surface area (TPSA) is 54.5 Å². The molecule has 5 heteroatoms. The average molecular weight is 367 g/mol. The molecule has 0 saturated carbocycles. The fourth-order valence-corrected chi connectivity index (χ4v) is 3.65. The van der Waals surface area contributed by atoms with Crippen LogP contribution in [0.25, 0.3) is 0 Å². The molecule has 1 aliphatic heterocycles. The second-order valence-corrected chi connectivity index (χ2v) is 7.12. The molecule has 2 aromatic rings. The number of carbonyl (C=O) groups is 1. The molecular weight excluding hydrogens is 338 g/mol. The molecule has 27 heavy (non-hydrogen) atoms. The maximum atomic E-state index is 12.3. The van der Waals surface area contributed by atoms with Crippen molar-refractivity contribution in [1.29, 1.82) is 0 Å². The Kier molecular flexibility index (Phi) is 7.22. The molecular formula is C22H29N3O2. The van der Waals surface area contributed by atoms with Gasteiger partial charge in [-0.2, -0.15) is 0 Å². The van der Waals surface area contributed by atoms with E-state index in [0.717, 1.165) is 25.6 Å². The third-order valence-electron chi connectivity index (χ3n) is 5.31. The van der Waals surface area contributed by atoms with Gasteiger partial charge in [0, 0.05) is 19.3 Å². The van der Waals surface area contributed by atoms with Crippen molar-refractivity contribution in [2.24, 2.45) is 5.92 Å². The van der Waals surface area contributed by atoms with Gasteiger partial charge in [0.1, 0.15) is 5.75 Å². The van der Waals surface area contributed by atoms with Crippen molar-refractivity contribution in [3.63, 3.8) is 0 Å². The summed E-state index contributed by atoms with van der Waals surface area (Å²) in [6.45, 7) is 3.74. The van der Waals surface area contributed by atoms with Crippen molar-refractivity contribution < 1.29 is 9.53 Å². The molecule has 1 aliphatic rings. The highest BCUT2D eigenvalue weighted by atomic mass is 16.5. The van der Waals surface area contributed by atoms with Crippen molar-refractivity contribution in [3.8, 4) is 5.75 Å². The van der Waals surface area contributed by atoms with Crippen LogP contribution in [0.2, 0.25) is 0 Å². The molecule has 0 bridgehead atoms. The number of aryl methyl sites for hydroxylation is 1. The number of carbonyl (C=O) groups excluding carboxylic acids is 1. The summed E-state index contributed by atoms with van der Waals surface area (Å²) in [5.41, 5.74) is 1.78.